The number of aliphatic hydroxyl groups is 8. The van der Waals surface area contributed by atoms with Gasteiger partial charge in [0.1, 0.15) is 36.6 Å². The molecule has 13 nitrogen and oxygen atoms in total. The van der Waals surface area contributed by atoms with Gasteiger partial charge in [-0.25, -0.2) is 4.79 Å². The van der Waals surface area contributed by atoms with E-state index in [9.17, 15) is 19.8 Å². The van der Waals surface area contributed by atoms with Gasteiger partial charge in [0.05, 0.1) is 12.6 Å². The van der Waals surface area contributed by atoms with Gasteiger partial charge in [-0.15, -0.1) is 0 Å². The highest BCUT2D eigenvalue weighted by molar-refractivity contribution is 5.73. The van der Waals surface area contributed by atoms with Crippen molar-refractivity contribution in [1.82, 2.24) is 0 Å². The van der Waals surface area contributed by atoms with Crippen molar-refractivity contribution in [3.8, 4) is 0 Å². The lowest BCUT2D eigenvalue weighted by atomic mass is 9.98. The van der Waals surface area contributed by atoms with Crippen LogP contribution in [0.4, 0.5) is 0 Å². The predicted octanol–water partition coefficient (Wildman–Crippen LogP) is -6.54. The topological polar surface area (TPSA) is 251 Å². The number of ether oxygens (including phenoxy) is 1. The first-order valence-electron chi connectivity index (χ1n) is 6.96. The highest BCUT2D eigenvalue weighted by Gasteiger charge is 2.41. The first-order valence-corrected chi connectivity index (χ1v) is 6.96. The van der Waals surface area contributed by atoms with E-state index in [1.165, 1.54) is 0 Å². The Morgan fingerprint density at radius 3 is 2.00 bits per heavy atom. The van der Waals surface area contributed by atoms with Gasteiger partial charge in [0, 0.05) is 0 Å². The molecule has 13 heteroatoms. The highest BCUT2D eigenvalue weighted by atomic mass is 16.6. The van der Waals surface area contributed by atoms with Gasteiger partial charge in [-0.05, 0) is 0 Å². The third-order valence-corrected chi connectivity index (χ3v) is 3.36. The zero-order valence-corrected chi connectivity index (χ0v) is 12.8. The molecular formula is C12H23NO12. The summed E-state index contributed by atoms with van der Waals surface area (Å²) in [6.07, 6.45) is -13.2. The Morgan fingerprint density at radius 1 is 1.08 bits per heavy atom. The van der Waals surface area contributed by atoms with Crippen molar-refractivity contribution in [2.75, 3.05) is 6.61 Å². The van der Waals surface area contributed by atoms with Gasteiger partial charge >= 0.3 is 5.97 Å². The molecule has 11 N–H and O–H groups in total. The number of aliphatic hydroxyl groups excluding tert-OH is 8. The molecule has 1 heterocycles. The standard InChI is InChI=1S/C6H13NO5.C6H10O7/c7-3-5(10)4(9)2(1-8)12-6(3)11;7-1-2(8)3(9)4(10)5(11)6(12)13/h2-6,8-11H,1,7H2;1-5,8-11H,(H,12,13)/t2-,3-,4-,5-,6?;/m1./s1. The van der Waals surface area contributed by atoms with Crippen LogP contribution < -0.4 is 5.73 Å². The van der Waals surface area contributed by atoms with Crippen LogP contribution in [0.2, 0.25) is 0 Å². The van der Waals surface area contributed by atoms with Crippen LogP contribution in [0.3, 0.4) is 0 Å². The number of carbonyl (C=O) groups excluding carboxylic acids is 1. The average molecular weight is 373 g/mol. The van der Waals surface area contributed by atoms with Crippen LogP contribution >= 0.6 is 0 Å². The number of carboxylic acids is 1. The highest BCUT2D eigenvalue weighted by Crippen LogP contribution is 2.17. The third-order valence-electron chi connectivity index (χ3n) is 3.36. The fourth-order valence-corrected chi connectivity index (χ4v) is 1.73. The smallest absolute Gasteiger partial charge is 0.335 e. The Kier molecular flexibility index (Phi) is 10.1. The minimum atomic E-state index is -2.25. The molecule has 148 valence electrons. The van der Waals surface area contributed by atoms with Crippen molar-refractivity contribution in [2.45, 2.75) is 55.1 Å². The molecule has 0 bridgehead atoms. The van der Waals surface area contributed by atoms with Crippen molar-refractivity contribution < 1.29 is 60.3 Å². The van der Waals surface area contributed by atoms with Gasteiger partial charge in [-0.3, -0.25) is 0 Å². The van der Waals surface area contributed by atoms with Crippen LogP contribution in [-0.4, -0.2) is 120 Å². The number of carboxylic acid groups (broad SMARTS) is 1. The van der Waals surface area contributed by atoms with Crippen molar-refractivity contribution >= 4 is 12.3 Å². The van der Waals surface area contributed by atoms with Gasteiger partial charge in [-0.2, -0.15) is 0 Å². The maximum atomic E-state index is 10.1. The monoisotopic (exact) mass is 373 g/mol. The molecule has 9 atom stereocenters. The Hall–Kier alpha value is -1.26. The quantitative estimate of drug-likeness (QED) is 0.195. The van der Waals surface area contributed by atoms with Crippen LogP contribution in [0.1, 0.15) is 0 Å². The minimum absolute atomic E-state index is 0.0809. The lowest BCUT2D eigenvalue weighted by Gasteiger charge is -2.38. The molecule has 25 heavy (non-hydrogen) atoms. The summed E-state index contributed by atoms with van der Waals surface area (Å²) in [7, 11) is 0. The second-order valence-corrected chi connectivity index (χ2v) is 5.20. The Morgan fingerprint density at radius 2 is 1.60 bits per heavy atom. The number of nitrogens with two attached hydrogens (primary N) is 1. The number of aldehydes is 1. The third kappa shape index (κ3) is 6.52. The van der Waals surface area contributed by atoms with E-state index < -0.39 is 67.6 Å². The molecule has 0 spiro atoms. The molecule has 0 radical (unpaired) electrons. The Bertz CT molecular complexity index is 418. The SMILES string of the molecule is N[C@H]1C(O)O[C@H](CO)[C@@H](O)[C@@H]1O.O=CC(O)C(O)C(O)C(O)C(=O)O. The molecule has 1 aliphatic rings. The lowest BCUT2D eigenvalue weighted by molar-refractivity contribution is -0.248. The number of aliphatic carboxylic acids is 1. The normalized spacial score (nSPS) is 34.0. The minimum Gasteiger partial charge on any atom is -0.479 e. The number of carbonyl (C=O) groups is 2. The molecule has 0 aromatic rings. The van der Waals surface area contributed by atoms with Gasteiger partial charge < -0.3 is 61.2 Å². The van der Waals surface area contributed by atoms with Crippen molar-refractivity contribution in [1.29, 1.82) is 0 Å². The molecule has 0 aromatic heterocycles. The van der Waals surface area contributed by atoms with Gasteiger partial charge in [-0.1, -0.05) is 0 Å². The van der Waals surface area contributed by atoms with E-state index in [2.05, 4.69) is 0 Å². The maximum absolute atomic E-state index is 10.1. The molecule has 0 aromatic carbocycles. The van der Waals surface area contributed by atoms with E-state index in [4.69, 9.17) is 46.2 Å². The summed E-state index contributed by atoms with van der Waals surface area (Å²) in [6, 6.07) is -1.04. The second kappa shape index (κ2) is 10.7. The number of rotatable bonds is 6. The van der Waals surface area contributed by atoms with Crippen LogP contribution in [0.15, 0.2) is 0 Å². The number of hydrogen-bond acceptors (Lipinski definition) is 12. The molecule has 1 saturated heterocycles. The summed E-state index contributed by atoms with van der Waals surface area (Å²) in [5, 5.41) is 79.3. The Balaban J connectivity index is 0.000000462. The van der Waals surface area contributed by atoms with Crippen molar-refractivity contribution in [3.63, 3.8) is 0 Å². The zero-order valence-electron chi connectivity index (χ0n) is 12.8. The van der Waals surface area contributed by atoms with E-state index in [-0.39, 0.29) is 6.29 Å². The second-order valence-electron chi connectivity index (χ2n) is 5.20. The first kappa shape index (κ1) is 23.7. The summed E-state index contributed by atoms with van der Waals surface area (Å²) in [4.78, 5) is 20.0. The molecule has 5 unspecified atom stereocenters. The van der Waals surface area contributed by atoms with E-state index >= 15 is 0 Å². The molecular weight excluding hydrogens is 350 g/mol. The van der Waals surface area contributed by atoms with Gasteiger partial charge in [0.2, 0.25) is 0 Å². The van der Waals surface area contributed by atoms with E-state index in [1.54, 1.807) is 0 Å². The predicted molar refractivity (Wildman–Crippen MR) is 75.7 cm³/mol. The largest absolute Gasteiger partial charge is 0.479 e. The lowest BCUT2D eigenvalue weighted by Crippen LogP contribution is -2.61. The fraction of sp³-hybridized carbons (Fsp3) is 0.833. The van der Waals surface area contributed by atoms with E-state index in [0.29, 0.717) is 0 Å². The van der Waals surface area contributed by atoms with E-state index in [0.717, 1.165) is 0 Å². The molecule has 0 amide bonds. The molecule has 1 rings (SSSR count). The number of hydrogen-bond donors (Lipinski definition) is 10. The van der Waals surface area contributed by atoms with Gasteiger partial charge in [0.25, 0.3) is 0 Å². The summed E-state index contributed by atoms with van der Waals surface area (Å²) >= 11 is 0. The van der Waals surface area contributed by atoms with Crippen LogP contribution in [0.5, 0.6) is 0 Å². The van der Waals surface area contributed by atoms with Crippen LogP contribution in [0.25, 0.3) is 0 Å². The van der Waals surface area contributed by atoms with Gasteiger partial charge in [0.15, 0.2) is 18.7 Å². The molecule has 0 aliphatic carbocycles. The summed E-state index contributed by atoms with van der Waals surface area (Å²) in [5.74, 6) is -1.76. The summed E-state index contributed by atoms with van der Waals surface area (Å²) < 4.78 is 4.70. The molecule has 0 saturated carbocycles. The maximum Gasteiger partial charge on any atom is 0.335 e. The van der Waals surface area contributed by atoms with E-state index in [1.807, 2.05) is 0 Å². The zero-order chi connectivity index (χ0) is 19.9. The van der Waals surface area contributed by atoms with Crippen LogP contribution in [-0.2, 0) is 14.3 Å². The average Bonchev–Trinajstić information content (AvgIpc) is 2.60. The van der Waals surface area contributed by atoms with Crippen molar-refractivity contribution in [2.24, 2.45) is 5.73 Å². The molecule has 1 fully saturated rings. The van der Waals surface area contributed by atoms with Crippen molar-refractivity contribution in [3.05, 3.63) is 0 Å². The fourth-order valence-electron chi connectivity index (χ4n) is 1.73. The van der Waals surface area contributed by atoms with Crippen LogP contribution in [0, 0.1) is 0 Å². The Labute approximate surface area is 141 Å². The molecule has 1 aliphatic heterocycles. The summed E-state index contributed by atoms with van der Waals surface area (Å²) in [6.45, 7) is -0.470. The first-order chi connectivity index (χ1) is 11.5. The summed E-state index contributed by atoms with van der Waals surface area (Å²) in [5.41, 5.74) is 5.26.